The van der Waals surface area contributed by atoms with Gasteiger partial charge < -0.3 is 15.5 Å². The first kappa shape index (κ1) is 20.6. The summed E-state index contributed by atoms with van der Waals surface area (Å²) in [5.41, 5.74) is 0.970. The van der Waals surface area contributed by atoms with Crippen molar-refractivity contribution in [1.29, 1.82) is 0 Å². The van der Waals surface area contributed by atoms with Crippen molar-refractivity contribution >= 4 is 11.9 Å². The SMILES string of the molecule is CN=C(NCCc1cccc(F)c1)NCCN1CCN(C(=O)C2CCC2)CC1. The highest BCUT2D eigenvalue weighted by Crippen LogP contribution is 2.28. The fourth-order valence-electron chi connectivity index (χ4n) is 3.68. The summed E-state index contributed by atoms with van der Waals surface area (Å²) in [7, 11) is 1.75. The third kappa shape index (κ3) is 5.92. The number of rotatable bonds is 7. The van der Waals surface area contributed by atoms with E-state index in [-0.39, 0.29) is 5.82 Å². The van der Waals surface area contributed by atoms with E-state index in [4.69, 9.17) is 0 Å². The van der Waals surface area contributed by atoms with Gasteiger partial charge in [-0.15, -0.1) is 0 Å². The van der Waals surface area contributed by atoms with Gasteiger partial charge in [0.25, 0.3) is 0 Å². The molecule has 0 bridgehead atoms. The first-order valence-electron chi connectivity index (χ1n) is 10.4. The zero-order chi connectivity index (χ0) is 19.8. The van der Waals surface area contributed by atoms with Gasteiger partial charge in [0.05, 0.1) is 0 Å². The second kappa shape index (κ2) is 10.4. The largest absolute Gasteiger partial charge is 0.356 e. The number of hydrogen-bond donors (Lipinski definition) is 2. The number of guanidine groups is 1. The highest BCUT2D eigenvalue weighted by molar-refractivity contribution is 5.80. The third-order valence-electron chi connectivity index (χ3n) is 5.68. The first-order valence-corrected chi connectivity index (χ1v) is 10.4. The topological polar surface area (TPSA) is 60.0 Å². The van der Waals surface area contributed by atoms with Crippen LogP contribution in [0, 0.1) is 11.7 Å². The van der Waals surface area contributed by atoms with Crippen LogP contribution in [0.2, 0.25) is 0 Å². The molecule has 0 radical (unpaired) electrons. The summed E-state index contributed by atoms with van der Waals surface area (Å²) >= 11 is 0. The van der Waals surface area contributed by atoms with Crippen molar-refractivity contribution in [3.8, 4) is 0 Å². The molecule has 2 fully saturated rings. The van der Waals surface area contributed by atoms with Crippen molar-refractivity contribution < 1.29 is 9.18 Å². The summed E-state index contributed by atoms with van der Waals surface area (Å²) in [6, 6.07) is 6.68. The molecule has 0 atom stereocenters. The Morgan fingerprint density at radius 3 is 2.57 bits per heavy atom. The second-order valence-corrected chi connectivity index (χ2v) is 7.60. The van der Waals surface area contributed by atoms with Gasteiger partial charge in [-0.05, 0) is 37.0 Å². The molecule has 1 amide bonds. The number of nitrogens with one attached hydrogen (secondary N) is 2. The van der Waals surface area contributed by atoms with Crippen molar-refractivity contribution in [1.82, 2.24) is 20.4 Å². The fourth-order valence-corrected chi connectivity index (χ4v) is 3.68. The number of hydrogen-bond acceptors (Lipinski definition) is 3. The standard InChI is InChI=1S/C21H32FN5O/c1-23-21(24-9-8-17-4-2-7-19(22)16-17)25-10-11-26-12-14-27(15-13-26)20(28)18-5-3-6-18/h2,4,7,16,18H,3,5-6,8-15H2,1H3,(H2,23,24,25). The smallest absolute Gasteiger partial charge is 0.225 e. The molecule has 1 aliphatic carbocycles. The number of benzene rings is 1. The average molecular weight is 390 g/mol. The monoisotopic (exact) mass is 389 g/mol. The number of nitrogens with zero attached hydrogens (tertiary/aromatic N) is 3. The summed E-state index contributed by atoms with van der Waals surface area (Å²) in [5, 5.41) is 6.59. The van der Waals surface area contributed by atoms with Crippen molar-refractivity contribution in [2.75, 3.05) is 52.9 Å². The molecule has 1 aliphatic heterocycles. The number of aliphatic imine (C=N–C) groups is 1. The number of carbonyl (C=O) groups excluding carboxylic acids is 1. The van der Waals surface area contributed by atoms with Crippen molar-refractivity contribution in [2.24, 2.45) is 10.9 Å². The van der Waals surface area contributed by atoms with Gasteiger partial charge >= 0.3 is 0 Å². The molecule has 1 aromatic rings. The minimum atomic E-state index is -0.200. The highest BCUT2D eigenvalue weighted by atomic mass is 19.1. The van der Waals surface area contributed by atoms with Crippen LogP contribution in [0.25, 0.3) is 0 Å². The van der Waals surface area contributed by atoms with E-state index in [1.54, 1.807) is 19.2 Å². The van der Waals surface area contributed by atoms with Gasteiger partial charge in [0, 0.05) is 58.8 Å². The molecule has 6 nitrogen and oxygen atoms in total. The quantitative estimate of drug-likeness (QED) is 0.548. The van der Waals surface area contributed by atoms with Crippen molar-refractivity contribution in [3.05, 3.63) is 35.6 Å². The van der Waals surface area contributed by atoms with Gasteiger partial charge in [-0.2, -0.15) is 0 Å². The molecule has 0 spiro atoms. The summed E-state index contributed by atoms with van der Waals surface area (Å²) in [6.45, 7) is 5.99. The molecule has 1 saturated carbocycles. The van der Waals surface area contributed by atoms with Crippen molar-refractivity contribution in [2.45, 2.75) is 25.7 Å². The fraction of sp³-hybridized carbons (Fsp3) is 0.619. The Bertz CT molecular complexity index is 669. The zero-order valence-corrected chi connectivity index (χ0v) is 16.8. The number of halogens is 1. The van der Waals surface area contributed by atoms with E-state index < -0.39 is 0 Å². The molecule has 1 aromatic carbocycles. The molecule has 1 heterocycles. The highest BCUT2D eigenvalue weighted by Gasteiger charge is 2.30. The predicted molar refractivity (Wildman–Crippen MR) is 110 cm³/mol. The summed E-state index contributed by atoms with van der Waals surface area (Å²) < 4.78 is 13.2. The Kier molecular flexibility index (Phi) is 7.65. The normalized spacial score (nSPS) is 18.6. The molecule has 0 aromatic heterocycles. The van der Waals surface area contributed by atoms with Gasteiger partial charge in [0.1, 0.15) is 5.82 Å². The molecule has 1 saturated heterocycles. The van der Waals surface area contributed by atoms with E-state index in [1.165, 1.54) is 12.5 Å². The van der Waals surface area contributed by atoms with Gasteiger partial charge in [0.15, 0.2) is 5.96 Å². The minimum absolute atomic E-state index is 0.200. The Hall–Kier alpha value is -2.15. The Balaban J connectivity index is 1.29. The van der Waals surface area contributed by atoms with Crippen LogP contribution < -0.4 is 10.6 Å². The zero-order valence-electron chi connectivity index (χ0n) is 16.8. The lowest BCUT2D eigenvalue weighted by Gasteiger charge is -2.38. The van der Waals surface area contributed by atoms with Gasteiger partial charge in [-0.25, -0.2) is 4.39 Å². The molecule has 3 rings (SSSR count). The van der Waals surface area contributed by atoms with E-state index in [2.05, 4.69) is 20.5 Å². The maximum absolute atomic E-state index is 13.2. The third-order valence-corrected chi connectivity index (χ3v) is 5.68. The van der Waals surface area contributed by atoms with Crippen LogP contribution in [0.1, 0.15) is 24.8 Å². The number of piperazine rings is 1. The van der Waals surface area contributed by atoms with E-state index in [0.717, 1.165) is 70.1 Å². The lowest BCUT2D eigenvalue weighted by Crippen LogP contribution is -2.52. The van der Waals surface area contributed by atoms with E-state index in [1.807, 2.05) is 11.0 Å². The lowest BCUT2D eigenvalue weighted by atomic mass is 9.84. The Morgan fingerprint density at radius 1 is 1.18 bits per heavy atom. The maximum Gasteiger partial charge on any atom is 0.225 e. The van der Waals surface area contributed by atoms with Crippen molar-refractivity contribution in [3.63, 3.8) is 0 Å². The molecular formula is C21H32FN5O. The van der Waals surface area contributed by atoms with Gasteiger partial charge in [0.2, 0.25) is 5.91 Å². The molecular weight excluding hydrogens is 357 g/mol. The van der Waals surface area contributed by atoms with Crippen LogP contribution in [0.15, 0.2) is 29.3 Å². The summed E-state index contributed by atoms with van der Waals surface area (Å²) in [5.74, 6) is 1.23. The lowest BCUT2D eigenvalue weighted by molar-refractivity contribution is -0.139. The van der Waals surface area contributed by atoms with Crippen LogP contribution >= 0.6 is 0 Å². The number of carbonyl (C=O) groups is 1. The molecule has 2 N–H and O–H groups in total. The van der Waals surface area contributed by atoms with E-state index >= 15 is 0 Å². The van der Waals surface area contributed by atoms with Gasteiger partial charge in [-0.3, -0.25) is 14.7 Å². The minimum Gasteiger partial charge on any atom is -0.356 e. The molecule has 154 valence electrons. The maximum atomic E-state index is 13.2. The number of amides is 1. The van der Waals surface area contributed by atoms with Crippen LogP contribution in [0.5, 0.6) is 0 Å². The first-order chi connectivity index (χ1) is 13.7. The van der Waals surface area contributed by atoms with E-state index in [0.29, 0.717) is 18.4 Å². The van der Waals surface area contributed by atoms with Crippen LogP contribution in [-0.2, 0) is 11.2 Å². The summed E-state index contributed by atoms with van der Waals surface area (Å²) in [6.07, 6.45) is 4.11. The molecule has 28 heavy (non-hydrogen) atoms. The van der Waals surface area contributed by atoms with Gasteiger partial charge in [-0.1, -0.05) is 18.6 Å². The Morgan fingerprint density at radius 2 is 1.93 bits per heavy atom. The van der Waals surface area contributed by atoms with E-state index in [9.17, 15) is 9.18 Å². The predicted octanol–water partition coefficient (Wildman–Crippen LogP) is 1.48. The molecule has 2 aliphatic rings. The average Bonchev–Trinajstić information content (AvgIpc) is 2.66. The van der Waals surface area contributed by atoms with Crippen LogP contribution in [0.3, 0.4) is 0 Å². The Labute approximate surface area is 167 Å². The second-order valence-electron chi connectivity index (χ2n) is 7.60. The van der Waals surface area contributed by atoms with Crippen LogP contribution in [-0.4, -0.2) is 74.5 Å². The molecule has 7 heteroatoms. The summed E-state index contributed by atoms with van der Waals surface area (Å²) in [4.78, 5) is 21.0. The van der Waals surface area contributed by atoms with Crippen LogP contribution in [0.4, 0.5) is 4.39 Å². The molecule has 0 unspecified atom stereocenters.